The van der Waals surface area contributed by atoms with Gasteiger partial charge in [0.1, 0.15) is 12.4 Å². The molecule has 0 spiro atoms. The summed E-state index contributed by atoms with van der Waals surface area (Å²) < 4.78 is 5.78. The second-order valence-corrected chi connectivity index (χ2v) is 8.27. The number of hydrogen-bond acceptors (Lipinski definition) is 3. The Balaban J connectivity index is 1.46. The standard InChI is InChI=1S/C22H31ClN2O3/c1-3-24(4-2)21(26)8-5-16-9-11-25(12-10-16)22(27)18-13-17-14-19(23)6-7-20(17)28-15-18/h6-7,14,16,18H,3-5,8-13,15H2,1-2H3/t18-/m0/s1. The summed E-state index contributed by atoms with van der Waals surface area (Å²) in [5, 5.41) is 0.676. The van der Waals surface area contributed by atoms with E-state index in [1.807, 2.05) is 41.8 Å². The molecule has 0 aliphatic carbocycles. The molecule has 28 heavy (non-hydrogen) atoms. The molecule has 1 atom stereocenters. The number of benzene rings is 1. The van der Waals surface area contributed by atoms with Crippen LogP contribution in [0.1, 0.15) is 45.1 Å². The number of carbonyl (C=O) groups is 2. The highest BCUT2D eigenvalue weighted by molar-refractivity contribution is 6.30. The minimum Gasteiger partial charge on any atom is -0.492 e. The minimum atomic E-state index is -0.133. The number of carbonyl (C=O) groups excluding carboxylic acids is 2. The van der Waals surface area contributed by atoms with Gasteiger partial charge in [-0.3, -0.25) is 9.59 Å². The first kappa shape index (κ1) is 21.0. The molecule has 1 fully saturated rings. The van der Waals surface area contributed by atoms with E-state index in [1.165, 1.54) is 0 Å². The second-order valence-electron chi connectivity index (χ2n) is 7.84. The summed E-state index contributed by atoms with van der Waals surface area (Å²) in [6.45, 7) is 7.59. The molecule has 1 aromatic rings. The number of hydrogen-bond donors (Lipinski definition) is 0. The fraction of sp³-hybridized carbons (Fsp3) is 0.636. The van der Waals surface area contributed by atoms with Crippen LogP contribution in [0.3, 0.4) is 0 Å². The Bertz CT molecular complexity index is 697. The summed E-state index contributed by atoms with van der Waals surface area (Å²) in [4.78, 5) is 29.0. The summed E-state index contributed by atoms with van der Waals surface area (Å²) in [6, 6.07) is 5.59. The smallest absolute Gasteiger partial charge is 0.229 e. The van der Waals surface area contributed by atoms with Gasteiger partial charge in [0.2, 0.25) is 11.8 Å². The van der Waals surface area contributed by atoms with Gasteiger partial charge >= 0.3 is 0 Å². The Morgan fingerprint density at radius 2 is 1.93 bits per heavy atom. The van der Waals surface area contributed by atoms with Crippen molar-refractivity contribution in [3.63, 3.8) is 0 Å². The molecular weight excluding hydrogens is 376 g/mol. The molecular formula is C22H31ClN2O3. The van der Waals surface area contributed by atoms with Crippen molar-refractivity contribution in [3.05, 3.63) is 28.8 Å². The zero-order valence-electron chi connectivity index (χ0n) is 17.0. The number of halogens is 1. The summed E-state index contributed by atoms with van der Waals surface area (Å²) in [7, 11) is 0. The van der Waals surface area contributed by atoms with Crippen LogP contribution in [0.4, 0.5) is 0 Å². The highest BCUT2D eigenvalue weighted by atomic mass is 35.5. The van der Waals surface area contributed by atoms with E-state index < -0.39 is 0 Å². The van der Waals surface area contributed by atoms with E-state index in [-0.39, 0.29) is 17.7 Å². The molecule has 6 heteroatoms. The third kappa shape index (κ3) is 4.99. The van der Waals surface area contributed by atoms with Gasteiger partial charge in [0.05, 0.1) is 5.92 Å². The number of piperidine rings is 1. The number of fused-ring (bicyclic) bond motifs is 1. The van der Waals surface area contributed by atoms with Gasteiger partial charge in [0.25, 0.3) is 0 Å². The van der Waals surface area contributed by atoms with Crippen LogP contribution in [-0.4, -0.2) is 54.4 Å². The lowest BCUT2D eigenvalue weighted by molar-refractivity contribution is -0.138. The van der Waals surface area contributed by atoms with Crippen molar-refractivity contribution in [2.45, 2.75) is 46.0 Å². The van der Waals surface area contributed by atoms with Crippen molar-refractivity contribution in [1.29, 1.82) is 0 Å². The van der Waals surface area contributed by atoms with Crippen LogP contribution in [0.2, 0.25) is 5.02 Å². The molecule has 2 heterocycles. The van der Waals surface area contributed by atoms with Gasteiger partial charge in [-0.15, -0.1) is 0 Å². The zero-order valence-corrected chi connectivity index (χ0v) is 17.7. The predicted octanol–water partition coefficient (Wildman–Crippen LogP) is 3.78. The number of likely N-dealkylation sites (tertiary alicyclic amines) is 1. The van der Waals surface area contributed by atoms with Gasteiger partial charge in [-0.1, -0.05) is 11.6 Å². The van der Waals surface area contributed by atoms with Gasteiger partial charge in [-0.05, 0) is 69.2 Å². The topological polar surface area (TPSA) is 49.9 Å². The first-order valence-electron chi connectivity index (χ1n) is 10.5. The van der Waals surface area contributed by atoms with Crippen LogP contribution in [0.15, 0.2) is 18.2 Å². The van der Waals surface area contributed by atoms with Crippen molar-refractivity contribution in [1.82, 2.24) is 9.80 Å². The average molecular weight is 407 g/mol. The van der Waals surface area contributed by atoms with Gasteiger partial charge in [-0.25, -0.2) is 0 Å². The van der Waals surface area contributed by atoms with Crippen molar-refractivity contribution in [3.8, 4) is 5.75 Å². The van der Waals surface area contributed by atoms with E-state index in [0.29, 0.717) is 30.4 Å². The Kier molecular flexibility index (Phi) is 7.22. The molecule has 3 rings (SSSR count). The molecule has 154 valence electrons. The Morgan fingerprint density at radius 1 is 1.21 bits per heavy atom. The van der Waals surface area contributed by atoms with Crippen molar-refractivity contribution in [2.75, 3.05) is 32.8 Å². The molecule has 2 aliphatic rings. The maximum atomic E-state index is 12.9. The molecule has 2 aliphatic heterocycles. The number of ether oxygens (including phenoxy) is 1. The van der Waals surface area contributed by atoms with Crippen LogP contribution in [0.5, 0.6) is 5.75 Å². The molecule has 0 bridgehead atoms. The number of amides is 2. The van der Waals surface area contributed by atoms with Crippen molar-refractivity contribution < 1.29 is 14.3 Å². The van der Waals surface area contributed by atoms with Crippen LogP contribution < -0.4 is 4.74 Å². The molecule has 1 aromatic carbocycles. The monoisotopic (exact) mass is 406 g/mol. The Morgan fingerprint density at radius 3 is 2.61 bits per heavy atom. The van der Waals surface area contributed by atoms with Gasteiger partial charge < -0.3 is 14.5 Å². The Labute approximate surface area is 173 Å². The SMILES string of the molecule is CCN(CC)C(=O)CCC1CCN(C(=O)[C@@H]2COc3ccc(Cl)cc3C2)CC1. The summed E-state index contributed by atoms with van der Waals surface area (Å²) in [6.07, 6.45) is 4.19. The zero-order chi connectivity index (χ0) is 20.1. The fourth-order valence-electron chi connectivity index (χ4n) is 4.28. The van der Waals surface area contributed by atoms with Crippen LogP contribution in [0.25, 0.3) is 0 Å². The first-order chi connectivity index (χ1) is 13.5. The maximum absolute atomic E-state index is 12.9. The highest BCUT2D eigenvalue weighted by Gasteiger charge is 2.32. The van der Waals surface area contributed by atoms with Crippen LogP contribution in [-0.2, 0) is 16.0 Å². The maximum Gasteiger partial charge on any atom is 0.229 e. The third-order valence-electron chi connectivity index (χ3n) is 6.09. The second kappa shape index (κ2) is 9.64. The van der Waals surface area contributed by atoms with E-state index in [4.69, 9.17) is 16.3 Å². The molecule has 0 radical (unpaired) electrons. The fourth-order valence-corrected chi connectivity index (χ4v) is 4.48. The molecule has 1 saturated heterocycles. The Hall–Kier alpha value is -1.75. The molecule has 5 nitrogen and oxygen atoms in total. The summed E-state index contributed by atoms with van der Waals surface area (Å²) >= 11 is 6.08. The number of rotatable bonds is 6. The predicted molar refractivity (Wildman–Crippen MR) is 111 cm³/mol. The van der Waals surface area contributed by atoms with Crippen LogP contribution in [0, 0.1) is 11.8 Å². The normalized spacial score (nSPS) is 19.7. The van der Waals surface area contributed by atoms with Gasteiger partial charge in [-0.2, -0.15) is 0 Å². The lowest BCUT2D eigenvalue weighted by atomic mass is 9.90. The van der Waals surface area contributed by atoms with E-state index in [0.717, 1.165) is 56.8 Å². The molecule has 0 unspecified atom stereocenters. The van der Waals surface area contributed by atoms with E-state index >= 15 is 0 Å². The van der Waals surface area contributed by atoms with Crippen molar-refractivity contribution in [2.24, 2.45) is 11.8 Å². The minimum absolute atomic E-state index is 0.133. The lowest BCUT2D eigenvalue weighted by Crippen LogP contribution is -2.44. The highest BCUT2D eigenvalue weighted by Crippen LogP contribution is 2.31. The summed E-state index contributed by atoms with van der Waals surface area (Å²) in [5.74, 6) is 1.67. The van der Waals surface area contributed by atoms with Gasteiger partial charge in [0, 0.05) is 37.6 Å². The van der Waals surface area contributed by atoms with Crippen molar-refractivity contribution >= 4 is 23.4 Å². The van der Waals surface area contributed by atoms with E-state index in [1.54, 1.807) is 0 Å². The first-order valence-corrected chi connectivity index (χ1v) is 10.9. The number of nitrogens with zero attached hydrogens (tertiary/aromatic N) is 2. The lowest BCUT2D eigenvalue weighted by Gasteiger charge is -2.35. The molecule has 2 amide bonds. The largest absolute Gasteiger partial charge is 0.492 e. The summed E-state index contributed by atoms with van der Waals surface area (Å²) in [5.41, 5.74) is 1.02. The van der Waals surface area contributed by atoms with Gasteiger partial charge in [0.15, 0.2) is 0 Å². The molecule has 0 saturated carbocycles. The van der Waals surface area contributed by atoms with Crippen LogP contribution >= 0.6 is 11.6 Å². The third-order valence-corrected chi connectivity index (χ3v) is 6.32. The molecule has 0 N–H and O–H groups in total. The van der Waals surface area contributed by atoms with E-state index in [9.17, 15) is 9.59 Å². The average Bonchev–Trinajstić information content (AvgIpc) is 2.72. The van der Waals surface area contributed by atoms with E-state index in [2.05, 4.69) is 0 Å². The quantitative estimate of drug-likeness (QED) is 0.722. The molecule has 0 aromatic heterocycles.